The second-order valence-corrected chi connectivity index (χ2v) is 12.1. The molecule has 4 rings (SSSR count). The Morgan fingerprint density at radius 1 is 1.15 bits per heavy atom. The van der Waals surface area contributed by atoms with Crippen LogP contribution in [-0.2, 0) is 26.0 Å². The average molecular weight is 510 g/mol. The number of hydrogen-bond acceptors (Lipinski definition) is 8. The molecule has 2 aliphatic carbocycles. The highest BCUT2D eigenvalue weighted by Crippen LogP contribution is 2.44. The van der Waals surface area contributed by atoms with Gasteiger partial charge in [-0.2, -0.15) is 0 Å². The van der Waals surface area contributed by atoms with Crippen molar-refractivity contribution in [3.8, 4) is 5.75 Å². The first-order valence-corrected chi connectivity index (χ1v) is 12.8. The molecule has 0 bridgehead atoms. The van der Waals surface area contributed by atoms with E-state index in [0.29, 0.717) is 0 Å². The van der Waals surface area contributed by atoms with Gasteiger partial charge in [0.1, 0.15) is 22.7 Å². The van der Waals surface area contributed by atoms with Gasteiger partial charge in [-0.3, -0.25) is 14.9 Å². The van der Waals surface area contributed by atoms with Crippen LogP contribution in [0.25, 0.3) is 0 Å². The minimum Gasteiger partial charge on any atom is -0.504 e. The van der Waals surface area contributed by atoms with Crippen molar-refractivity contribution in [2.75, 3.05) is 19.4 Å². The first kappa shape index (κ1) is 24.7. The lowest BCUT2D eigenvalue weighted by molar-refractivity contribution is -0.146. The lowest BCUT2D eigenvalue weighted by Gasteiger charge is -2.42. The van der Waals surface area contributed by atoms with Crippen molar-refractivity contribution in [3.63, 3.8) is 0 Å². The molecule has 11 heteroatoms. The van der Waals surface area contributed by atoms with E-state index in [1.54, 1.807) is 6.26 Å². The molecule has 0 aliphatic heterocycles. The Morgan fingerprint density at radius 2 is 1.82 bits per heavy atom. The Morgan fingerprint density at radius 3 is 2.50 bits per heavy atom. The van der Waals surface area contributed by atoms with Gasteiger partial charge in [0.15, 0.2) is 5.75 Å². The van der Waals surface area contributed by atoms with Crippen molar-refractivity contribution in [2.24, 2.45) is 5.41 Å². The lowest BCUT2D eigenvalue weighted by Crippen LogP contribution is -2.68. The molecule has 1 aromatic heterocycles. The number of furan rings is 1. The Bertz CT molecular complexity index is 1250. The van der Waals surface area contributed by atoms with Crippen LogP contribution in [-0.4, -0.2) is 55.6 Å². The fourth-order valence-electron chi connectivity index (χ4n) is 4.67. The Hall–Kier alpha value is -2.40. The van der Waals surface area contributed by atoms with Crippen LogP contribution < -0.4 is 10.6 Å². The van der Waals surface area contributed by atoms with Crippen LogP contribution in [0.3, 0.4) is 0 Å². The number of fused-ring (bicyclic) bond motifs is 1. The number of carbonyl (C=O) groups excluding carboxylic acids is 2. The summed E-state index contributed by atoms with van der Waals surface area (Å²) in [4.78, 5) is 24.6. The molecule has 2 aliphatic rings. The summed E-state index contributed by atoms with van der Waals surface area (Å²) in [6, 6.07) is 2.50. The van der Waals surface area contributed by atoms with Crippen LogP contribution in [0.1, 0.15) is 44.1 Å². The number of nitrogens with zero attached hydrogens (tertiary/aromatic N) is 1. The van der Waals surface area contributed by atoms with Gasteiger partial charge in [-0.25, -0.2) is 12.7 Å². The number of sulfonamides is 1. The molecule has 1 aromatic carbocycles. The smallest absolute Gasteiger partial charge is 0.247 e. The maximum Gasteiger partial charge on any atom is 0.247 e. The maximum atomic E-state index is 12.6. The number of benzene rings is 1. The molecular formula is C23H28ClN3O6S. The predicted molar refractivity (Wildman–Crippen MR) is 127 cm³/mol. The van der Waals surface area contributed by atoms with Crippen LogP contribution in [0.5, 0.6) is 5.75 Å². The van der Waals surface area contributed by atoms with Gasteiger partial charge >= 0.3 is 0 Å². The van der Waals surface area contributed by atoms with E-state index in [0.717, 1.165) is 34.9 Å². The minimum atomic E-state index is -4.06. The zero-order valence-corrected chi connectivity index (χ0v) is 21.0. The molecule has 34 heavy (non-hydrogen) atoms. The number of carbonyl (C=O) groups is 2. The van der Waals surface area contributed by atoms with Gasteiger partial charge in [-0.05, 0) is 36.5 Å². The highest BCUT2D eigenvalue weighted by molar-refractivity contribution is 7.89. The van der Waals surface area contributed by atoms with Crippen molar-refractivity contribution in [1.29, 1.82) is 0 Å². The number of ketones is 2. The summed E-state index contributed by atoms with van der Waals surface area (Å²) in [7, 11) is -1.42. The van der Waals surface area contributed by atoms with E-state index in [4.69, 9.17) is 16.0 Å². The molecule has 1 fully saturated rings. The fraction of sp³-hybridized carbons (Fsp3) is 0.478. The summed E-state index contributed by atoms with van der Waals surface area (Å²) in [5.41, 5.74) is 0.738. The zero-order valence-electron chi connectivity index (χ0n) is 19.4. The van der Waals surface area contributed by atoms with E-state index in [-0.39, 0.29) is 22.2 Å². The first-order valence-electron chi connectivity index (χ1n) is 11.0. The Balaban J connectivity index is 1.64. The van der Waals surface area contributed by atoms with E-state index in [2.05, 4.69) is 24.5 Å². The average Bonchev–Trinajstić information content (AvgIpc) is 3.17. The number of aromatic hydroxyl groups is 1. The number of nitrogens with one attached hydrogen (secondary N) is 2. The van der Waals surface area contributed by atoms with Crippen LogP contribution >= 0.6 is 11.6 Å². The predicted octanol–water partition coefficient (Wildman–Crippen LogP) is 2.88. The Kier molecular flexibility index (Phi) is 6.30. The van der Waals surface area contributed by atoms with Gasteiger partial charge in [0.05, 0.1) is 17.0 Å². The standard InChI is InChI=1S/C23H28ClN3O6S/c1-23(2)10-5-6-15-12(9-11-33-15)22(23)26-17-16(19(29)20(17)30)25-14-8-7-13(24)21(18(14)28)34(31,32)27(3)4/h7-9,11,16-17,22,25-26,28H,5-6,10H2,1-4H3. The third kappa shape index (κ3) is 4.02. The molecule has 3 unspecified atom stereocenters. The lowest BCUT2D eigenvalue weighted by atomic mass is 9.75. The maximum absolute atomic E-state index is 12.6. The third-order valence-electron chi connectivity index (χ3n) is 6.72. The number of phenolic OH excluding ortho intramolecular Hbond substituents is 1. The normalized spacial score (nSPS) is 24.5. The third-order valence-corrected chi connectivity index (χ3v) is 9.04. The number of Topliss-reactive ketones (excluding diaryl/α,β-unsaturated/α-hetero) is 2. The second kappa shape index (κ2) is 8.67. The Labute approximate surface area is 203 Å². The SMILES string of the molecule is CN(C)S(=O)(=O)c1c(Cl)ccc(NC2C(=O)C(=O)C2NC2c3ccoc3CCCC2(C)C)c1O. The molecule has 1 saturated carbocycles. The topological polar surface area (TPSA) is 129 Å². The molecule has 184 valence electrons. The number of phenols is 1. The van der Waals surface area contributed by atoms with E-state index in [1.165, 1.54) is 26.2 Å². The summed E-state index contributed by atoms with van der Waals surface area (Å²) < 4.78 is 31.9. The van der Waals surface area contributed by atoms with Crippen LogP contribution in [0.4, 0.5) is 5.69 Å². The molecule has 2 aromatic rings. The molecule has 0 radical (unpaired) electrons. The van der Waals surface area contributed by atoms with Gasteiger partial charge in [-0.15, -0.1) is 0 Å². The fourth-order valence-corrected chi connectivity index (χ4v) is 6.15. The molecule has 0 spiro atoms. The quantitative estimate of drug-likeness (QED) is 0.308. The van der Waals surface area contributed by atoms with Crippen LogP contribution in [0.2, 0.25) is 5.02 Å². The van der Waals surface area contributed by atoms with E-state index >= 15 is 0 Å². The van der Waals surface area contributed by atoms with Crippen LogP contribution in [0.15, 0.2) is 33.8 Å². The van der Waals surface area contributed by atoms with Crippen molar-refractivity contribution >= 4 is 38.9 Å². The van der Waals surface area contributed by atoms with Crippen molar-refractivity contribution < 1.29 is 27.5 Å². The molecule has 3 N–H and O–H groups in total. The summed E-state index contributed by atoms with van der Waals surface area (Å²) in [5.74, 6) is -0.974. The monoisotopic (exact) mass is 509 g/mol. The summed E-state index contributed by atoms with van der Waals surface area (Å²) in [6.07, 6.45) is 4.26. The largest absolute Gasteiger partial charge is 0.504 e. The first-order chi connectivity index (χ1) is 15.9. The van der Waals surface area contributed by atoms with Crippen LogP contribution in [0, 0.1) is 5.41 Å². The summed E-state index contributed by atoms with van der Waals surface area (Å²) >= 11 is 6.07. The van der Waals surface area contributed by atoms with Gasteiger partial charge in [0.2, 0.25) is 21.6 Å². The summed E-state index contributed by atoms with van der Waals surface area (Å²) in [6.45, 7) is 4.20. The van der Waals surface area contributed by atoms with E-state index < -0.39 is 44.3 Å². The minimum absolute atomic E-state index is 0.00778. The van der Waals surface area contributed by atoms with Gasteiger partial charge in [0.25, 0.3) is 0 Å². The van der Waals surface area contributed by atoms with Crippen molar-refractivity contribution in [1.82, 2.24) is 9.62 Å². The second-order valence-electron chi connectivity index (χ2n) is 9.63. The zero-order chi connectivity index (χ0) is 25.0. The molecule has 0 saturated heterocycles. The molecule has 9 nitrogen and oxygen atoms in total. The van der Waals surface area contributed by atoms with Crippen molar-refractivity contribution in [3.05, 3.63) is 40.8 Å². The van der Waals surface area contributed by atoms with E-state index in [1.807, 2.05) is 6.07 Å². The van der Waals surface area contributed by atoms with E-state index in [9.17, 15) is 23.1 Å². The molecule has 0 amide bonds. The summed E-state index contributed by atoms with van der Waals surface area (Å²) in [5, 5.41) is 16.8. The van der Waals surface area contributed by atoms with Gasteiger partial charge in [0, 0.05) is 32.1 Å². The van der Waals surface area contributed by atoms with Crippen molar-refractivity contribution in [2.45, 2.75) is 56.1 Å². The number of anilines is 1. The van der Waals surface area contributed by atoms with Gasteiger partial charge in [-0.1, -0.05) is 25.4 Å². The number of aryl methyl sites for hydroxylation is 1. The number of halogens is 1. The highest BCUT2D eigenvalue weighted by Gasteiger charge is 2.52. The molecule has 3 atom stereocenters. The van der Waals surface area contributed by atoms with Gasteiger partial charge < -0.3 is 14.8 Å². The number of rotatable bonds is 6. The number of hydrogen-bond donors (Lipinski definition) is 3. The molecular weight excluding hydrogens is 482 g/mol. The molecule has 1 heterocycles. The highest BCUT2D eigenvalue weighted by atomic mass is 35.5.